The fraction of sp³-hybridized carbons (Fsp3) is 0.176. The van der Waals surface area contributed by atoms with Crippen molar-refractivity contribution < 1.29 is 61.9 Å². The molecule has 0 amide bonds. The molecule has 12 nitrogen and oxygen atoms in total. The summed E-state index contributed by atoms with van der Waals surface area (Å²) < 4.78 is 11.2. The topological polar surface area (TPSA) is 187 Å². The zero-order chi connectivity index (χ0) is 45.7. The number of nitrogens with one attached hydrogen (secondary N) is 1. The van der Waals surface area contributed by atoms with Crippen molar-refractivity contribution in [2.75, 3.05) is 60.2 Å². The van der Waals surface area contributed by atoms with Crippen molar-refractivity contribution >= 4 is 40.1 Å². The van der Waals surface area contributed by atoms with E-state index in [2.05, 4.69) is 14.1 Å². The molecule has 336 valence electrons. The third-order valence-corrected chi connectivity index (χ3v) is 9.22. The van der Waals surface area contributed by atoms with Crippen LogP contribution in [0.15, 0.2) is 158 Å². The second-order valence-electron chi connectivity index (χ2n) is 14.8. The summed E-state index contributed by atoms with van der Waals surface area (Å²) in [5.41, 5.74) is 9.01. The maximum atomic E-state index is 13.2. The molecule has 0 aromatic heterocycles. The number of phenolic OH excluding ortho intramolecular Hbond substituents is 2. The van der Waals surface area contributed by atoms with Crippen molar-refractivity contribution in [1.29, 1.82) is 0 Å². The molecule has 0 bridgehead atoms. The van der Waals surface area contributed by atoms with Crippen molar-refractivity contribution in [3.8, 4) is 23.0 Å². The third kappa shape index (κ3) is 16.9. The number of aromatic hydroxyl groups is 2. The number of aliphatic hydroxyl groups is 2. The number of nitrogens with two attached hydrogens (primary N) is 1. The second kappa shape index (κ2) is 26.3. The number of carboxylic acids is 1. The molecule has 0 atom stereocenters. The first-order valence-corrected chi connectivity index (χ1v) is 20.2. The number of carbonyl (C=O) groups is 2. The lowest BCUT2D eigenvalue weighted by Gasteiger charge is -2.13. The molecule has 8 N–H and O–H groups in total. The van der Waals surface area contributed by atoms with E-state index < -0.39 is 5.97 Å². The van der Waals surface area contributed by atoms with E-state index in [1.807, 2.05) is 73.6 Å². The maximum Gasteiger partial charge on any atom is 0.340 e. The number of hydrogen-bond acceptors (Lipinski definition) is 10. The highest BCUT2D eigenvalue weighted by atomic mass is 35.5. The number of halogens is 1. The predicted octanol–water partition coefficient (Wildman–Crippen LogP) is 4.27. The van der Waals surface area contributed by atoms with Crippen LogP contribution < -0.4 is 32.5 Å². The summed E-state index contributed by atoms with van der Waals surface area (Å²) in [6, 6.07) is 44.2. The van der Waals surface area contributed by atoms with Gasteiger partial charge in [0.1, 0.15) is 59.8 Å². The monoisotopic (exact) mass is 889 g/mol. The highest BCUT2D eigenvalue weighted by Gasteiger charge is 2.20. The van der Waals surface area contributed by atoms with Crippen LogP contribution in [-0.2, 0) is 16.0 Å². The molecule has 6 rings (SSSR count). The van der Waals surface area contributed by atoms with E-state index in [1.54, 1.807) is 66.7 Å². The molecule has 0 saturated carbocycles. The number of nitrogens with zero attached hydrogens (tertiary/aromatic N) is 1. The van der Waals surface area contributed by atoms with Gasteiger partial charge in [-0.05, 0) is 91.4 Å². The van der Waals surface area contributed by atoms with Gasteiger partial charge in [-0.2, -0.15) is 0 Å². The van der Waals surface area contributed by atoms with Gasteiger partial charge in [-0.15, -0.1) is 0 Å². The van der Waals surface area contributed by atoms with E-state index in [0.717, 1.165) is 42.4 Å². The summed E-state index contributed by atoms with van der Waals surface area (Å²) in [5.74, 6) is -0.0682. The minimum absolute atomic E-state index is 0. The molecular formula is C51H56ClN3O9. The fourth-order valence-electron chi connectivity index (χ4n) is 5.79. The molecule has 0 aliphatic heterocycles. The van der Waals surface area contributed by atoms with Gasteiger partial charge in [-0.25, -0.2) is 4.79 Å². The number of anilines is 1. The van der Waals surface area contributed by atoms with Gasteiger partial charge in [0.15, 0.2) is 5.78 Å². The minimum atomic E-state index is -1.23. The first-order chi connectivity index (χ1) is 30.2. The molecule has 64 heavy (non-hydrogen) atoms. The molecule has 0 heterocycles. The van der Waals surface area contributed by atoms with Crippen LogP contribution in [0.4, 0.5) is 5.69 Å². The number of carbonyl (C=O) groups excluding carboxylic acids is 1. The summed E-state index contributed by atoms with van der Waals surface area (Å²) in [6.45, 7) is 3.15. The Labute approximate surface area is 380 Å². The number of quaternary nitrogens is 1. The van der Waals surface area contributed by atoms with Gasteiger partial charge in [0.05, 0.1) is 19.7 Å². The van der Waals surface area contributed by atoms with Crippen molar-refractivity contribution in [1.82, 2.24) is 4.90 Å². The summed E-state index contributed by atoms with van der Waals surface area (Å²) in [5, 5.41) is 49.1. The van der Waals surface area contributed by atoms with Crippen molar-refractivity contribution in [3.05, 3.63) is 186 Å². The molecule has 0 unspecified atom stereocenters. The van der Waals surface area contributed by atoms with Gasteiger partial charge in [-0.1, -0.05) is 97.1 Å². The number of ketones is 1. The van der Waals surface area contributed by atoms with Crippen LogP contribution in [0, 0.1) is 0 Å². The van der Waals surface area contributed by atoms with E-state index >= 15 is 0 Å². The van der Waals surface area contributed by atoms with Gasteiger partial charge < -0.3 is 62.9 Å². The standard InChI is InChI=1S/C26H27NO4.C15H12O4.C10H16N2O.ClH/c1-27(2)16-17-31-23-14-8-19(9-15-23)18-24(29)25(20-10-12-22(28)13-11-20)26(30)21-6-4-3-5-7-21;16-12-8-6-10(7-9-12)13(15(18)19)14(17)11-4-2-1-3-5-11;1-12(2)7-8-13-10-5-3-9(11)4-6-10;/h3-15,28,30H,16-18H2,1-2H3;1-9,16-17H,(H,18,19);3-6H,7-8,11H2,1-2H3;1H. The van der Waals surface area contributed by atoms with E-state index in [1.165, 1.54) is 41.3 Å². The van der Waals surface area contributed by atoms with E-state index in [-0.39, 0.29) is 58.8 Å². The molecule has 0 aliphatic rings. The summed E-state index contributed by atoms with van der Waals surface area (Å²) in [6.07, 6.45) is 0.130. The Balaban J connectivity index is 0.000000280. The highest BCUT2D eigenvalue weighted by molar-refractivity contribution is 6.27. The van der Waals surface area contributed by atoms with Crippen LogP contribution in [0.2, 0.25) is 0 Å². The largest absolute Gasteiger partial charge is 1.00 e. The SMILES string of the molecule is CN(C)CCOc1ccc(CC(=O)C(=C(O)c2ccccc2)c2ccc(O)cc2)cc1.C[NH+](C)CCOc1ccc(N)cc1.O=C(O)C(=C(O)c1ccccc1)c1ccc(O)cc1.[Cl-]. The number of ether oxygens (including phenoxy) is 2. The number of phenols is 2. The average Bonchev–Trinajstić information content (AvgIpc) is 3.27. The van der Waals surface area contributed by atoms with E-state index in [9.17, 15) is 35.1 Å². The molecule has 6 aromatic rings. The molecule has 0 aliphatic carbocycles. The number of Topliss-reactive ketones (excluding diaryl/α,β-unsaturated/α-hetero) is 1. The maximum absolute atomic E-state index is 13.2. The molecule has 0 fully saturated rings. The quantitative estimate of drug-likeness (QED) is 0.0319. The molecule has 6 aromatic carbocycles. The summed E-state index contributed by atoms with van der Waals surface area (Å²) >= 11 is 0. The zero-order valence-electron chi connectivity index (χ0n) is 36.3. The van der Waals surface area contributed by atoms with Gasteiger partial charge in [0, 0.05) is 29.8 Å². The lowest BCUT2D eigenvalue weighted by molar-refractivity contribution is -0.858. The van der Waals surface area contributed by atoms with Gasteiger partial charge >= 0.3 is 5.97 Å². The number of aliphatic hydroxyl groups excluding tert-OH is 2. The number of aliphatic carboxylic acids is 1. The van der Waals surface area contributed by atoms with Crippen molar-refractivity contribution in [3.63, 3.8) is 0 Å². The number of allylic oxidation sites excluding steroid dienone is 1. The second-order valence-corrected chi connectivity index (χ2v) is 14.8. The molecule has 0 spiro atoms. The first-order valence-electron chi connectivity index (χ1n) is 20.2. The normalized spacial score (nSPS) is 11.3. The van der Waals surface area contributed by atoms with Crippen LogP contribution in [0.25, 0.3) is 22.7 Å². The van der Waals surface area contributed by atoms with Crippen LogP contribution in [0.3, 0.4) is 0 Å². The first kappa shape index (κ1) is 51.1. The summed E-state index contributed by atoms with van der Waals surface area (Å²) in [4.78, 5) is 28.0. The fourth-order valence-corrected chi connectivity index (χ4v) is 5.79. The third-order valence-electron chi connectivity index (χ3n) is 9.22. The number of rotatable bonds is 16. The van der Waals surface area contributed by atoms with Crippen LogP contribution in [0.1, 0.15) is 27.8 Å². The van der Waals surface area contributed by atoms with Gasteiger partial charge in [0.25, 0.3) is 0 Å². The van der Waals surface area contributed by atoms with Crippen molar-refractivity contribution in [2.45, 2.75) is 6.42 Å². The van der Waals surface area contributed by atoms with E-state index in [0.29, 0.717) is 28.9 Å². The zero-order valence-corrected chi connectivity index (χ0v) is 37.1. The molecule has 13 heteroatoms. The Morgan fingerprint density at radius 3 is 1.42 bits per heavy atom. The average molecular weight is 890 g/mol. The van der Waals surface area contributed by atoms with Crippen LogP contribution >= 0.6 is 0 Å². The minimum Gasteiger partial charge on any atom is -1.00 e. The predicted molar refractivity (Wildman–Crippen MR) is 249 cm³/mol. The molecule has 0 radical (unpaired) electrons. The number of likely N-dealkylation sites (N-methyl/N-ethyl adjacent to an activating group) is 2. The molecular weight excluding hydrogens is 834 g/mol. The smallest absolute Gasteiger partial charge is 0.340 e. The van der Waals surface area contributed by atoms with Crippen LogP contribution in [-0.4, -0.2) is 96.7 Å². The van der Waals surface area contributed by atoms with Gasteiger partial charge in [-0.3, -0.25) is 4.79 Å². The Bertz CT molecular complexity index is 2390. The number of hydrogen-bond donors (Lipinski definition) is 7. The Kier molecular flexibility index (Phi) is 21.0. The molecule has 0 saturated heterocycles. The Morgan fingerprint density at radius 2 is 0.984 bits per heavy atom. The Morgan fingerprint density at radius 1 is 0.562 bits per heavy atom. The van der Waals surface area contributed by atoms with Gasteiger partial charge in [0.2, 0.25) is 0 Å². The van der Waals surface area contributed by atoms with E-state index in [4.69, 9.17) is 15.2 Å². The summed E-state index contributed by atoms with van der Waals surface area (Å²) in [7, 11) is 8.18. The number of carboxylic acid groups (broad SMARTS) is 1. The Hall–Kier alpha value is -7.25. The number of nitrogen functional groups attached to an aromatic ring is 1. The lowest BCUT2D eigenvalue weighted by Crippen LogP contribution is -3.06. The van der Waals surface area contributed by atoms with Crippen LogP contribution in [0.5, 0.6) is 23.0 Å². The highest BCUT2D eigenvalue weighted by Crippen LogP contribution is 2.29. The van der Waals surface area contributed by atoms with Crippen molar-refractivity contribution in [2.24, 2.45) is 0 Å². The number of benzene rings is 6. The lowest BCUT2D eigenvalue weighted by atomic mass is 9.93.